The van der Waals surface area contributed by atoms with Crippen molar-refractivity contribution in [3.05, 3.63) is 75.2 Å². The van der Waals surface area contributed by atoms with Gasteiger partial charge in [-0.15, -0.1) is 0 Å². The molecule has 4 amide bonds. The van der Waals surface area contributed by atoms with Crippen LogP contribution in [0.15, 0.2) is 53.5 Å². The van der Waals surface area contributed by atoms with Gasteiger partial charge in [0.05, 0.1) is 11.7 Å². The van der Waals surface area contributed by atoms with Crippen molar-refractivity contribution in [1.29, 1.82) is 0 Å². The molecule has 9 rings (SSSR count). The zero-order valence-corrected chi connectivity index (χ0v) is 36.5. The van der Waals surface area contributed by atoms with E-state index < -0.39 is 18.2 Å². The summed E-state index contributed by atoms with van der Waals surface area (Å²) in [6, 6.07) is 11.8. The van der Waals surface area contributed by atoms with E-state index in [4.69, 9.17) is 21.3 Å². The van der Waals surface area contributed by atoms with Crippen LogP contribution in [0, 0.1) is 11.3 Å². The van der Waals surface area contributed by atoms with Gasteiger partial charge in [-0.1, -0.05) is 17.7 Å². The summed E-state index contributed by atoms with van der Waals surface area (Å²) in [6.07, 6.45) is 4.79. The van der Waals surface area contributed by atoms with Crippen molar-refractivity contribution < 1.29 is 29.0 Å². The third-order valence-corrected chi connectivity index (χ3v) is 13.8. The number of likely N-dealkylation sites (tertiary alicyclic amines) is 1. The van der Waals surface area contributed by atoms with Gasteiger partial charge < -0.3 is 39.7 Å². The number of hydrogen-bond acceptors (Lipinski definition) is 13. The predicted octanol–water partition coefficient (Wildman–Crippen LogP) is 3.96. The molecule has 0 saturated carbocycles. The highest BCUT2D eigenvalue weighted by Crippen LogP contribution is 2.44. The number of amides is 4. The molecule has 332 valence electrons. The molecule has 0 bridgehead atoms. The number of piperidine rings is 2. The smallest absolute Gasteiger partial charge is 0.293 e. The molecular formula is C45H53ClN10O7. The number of fused-ring (bicyclic) bond motifs is 2. The van der Waals surface area contributed by atoms with E-state index in [-0.39, 0.29) is 59.9 Å². The molecule has 1 spiro atoms. The molecule has 0 radical (unpaired) electrons. The number of pyridine rings is 1. The van der Waals surface area contributed by atoms with Crippen molar-refractivity contribution in [2.45, 2.75) is 70.7 Å². The summed E-state index contributed by atoms with van der Waals surface area (Å²) in [6.45, 7) is 9.91. The van der Waals surface area contributed by atoms with Gasteiger partial charge in [0.15, 0.2) is 24.4 Å². The fourth-order valence-corrected chi connectivity index (χ4v) is 10.4. The van der Waals surface area contributed by atoms with E-state index in [2.05, 4.69) is 35.6 Å². The van der Waals surface area contributed by atoms with Gasteiger partial charge in [0, 0.05) is 92.1 Å². The van der Waals surface area contributed by atoms with Crippen LogP contribution in [0.1, 0.15) is 80.6 Å². The Bertz CT molecular complexity index is 2540. The number of nitrogens with one attached hydrogen (secondary N) is 3. The van der Waals surface area contributed by atoms with Crippen molar-refractivity contribution >= 4 is 69.3 Å². The first kappa shape index (κ1) is 42.5. The average molecular weight is 881 g/mol. The van der Waals surface area contributed by atoms with E-state index in [1.807, 2.05) is 44.2 Å². The Hall–Kier alpha value is -5.78. The van der Waals surface area contributed by atoms with Crippen molar-refractivity contribution in [2.75, 3.05) is 74.6 Å². The number of hydrogen-bond donors (Lipinski definition) is 4. The van der Waals surface area contributed by atoms with E-state index in [1.54, 1.807) is 22.9 Å². The summed E-state index contributed by atoms with van der Waals surface area (Å²) < 4.78 is 7.28. The molecule has 5 aliphatic rings. The molecule has 17 nitrogen and oxygen atoms in total. The maximum Gasteiger partial charge on any atom is 0.293 e. The molecule has 18 heteroatoms. The number of aliphatic hydroxyl groups excluding tert-OH is 1. The molecule has 7 heterocycles. The fraction of sp³-hybridized carbons (Fsp3) is 0.489. The number of carbonyl (C=O) groups is 4. The molecule has 5 aliphatic heterocycles. The Balaban J connectivity index is 0.813. The van der Waals surface area contributed by atoms with Crippen LogP contribution < -0.4 is 36.0 Å². The van der Waals surface area contributed by atoms with Crippen molar-refractivity contribution in [3.63, 3.8) is 0 Å². The van der Waals surface area contributed by atoms with Gasteiger partial charge in [-0.25, -0.2) is 4.98 Å². The number of benzene rings is 2. The molecule has 4 fully saturated rings. The highest BCUT2D eigenvalue weighted by atomic mass is 35.5. The van der Waals surface area contributed by atoms with E-state index in [1.165, 1.54) is 11.9 Å². The summed E-state index contributed by atoms with van der Waals surface area (Å²) in [5, 5.41) is 20.8. The Morgan fingerprint density at radius 1 is 1.02 bits per heavy atom. The Morgan fingerprint density at radius 3 is 2.57 bits per heavy atom. The Kier molecular flexibility index (Phi) is 11.5. The zero-order valence-electron chi connectivity index (χ0n) is 35.7. The van der Waals surface area contributed by atoms with Crippen molar-refractivity contribution in [3.8, 4) is 5.75 Å². The monoisotopic (exact) mass is 880 g/mol. The van der Waals surface area contributed by atoms with Gasteiger partial charge in [0.25, 0.3) is 17.4 Å². The van der Waals surface area contributed by atoms with E-state index in [9.17, 15) is 29.1 Å². The maximum absolute atomic E-state index is 13.5. The molecule has 4 N–H and O–H groups in total. The number of carbonyl (C=O) groups excluding carboxylic acids is 4. The molecule has 3 atom stereocenters. The standard InChI is InChI=1S/C45H53ClN10O7/c1-26(2)55-32-8-7-29(19-28(32)20-35(42(55)61)63-23-37(58)47-3)49-39-31(46)21-48-44(51-39)54-18-14-45(25-54)13-17-52(24-45)22-27-11-15-53(16-12-27)33-6-4-5-30-38(33)43(62)56(41(30)60)34-9-10-36(57)50-40(34)59/h4-8,19-21,26-27,34,43,62H,9-18,22-25H2,1-3H3,(H,47,58)(H,48,49,51)(H,50,57,59). The van der Waals surface area contributed by atoms with Crippen LogP contribution in [0.3, 0.4) is 0 Å². The number of halogens is 1. The predicted molar refractivity (Wildman–Crippen MR) is 237 cm³/mol. The number of likely N-dealkylation sites (N-methyl/N-ethyl adjacent to an activating group) is 1. The number of rotatable bonds is 11. The number of aliphatic hydroxyl groups is 1. The second-order valence-corrected chi connectivity index (χ2v) is 18.3. The number of anilines is 4. The Labute approximate surface area is 369 Å². The Morgan fingerprint density at radius 2 is 1.81 bits per heavy atom. The van der Waals surface area contributed by atoms with Gasteiger partial charge in [-0.3, -0.25) is 34.2 Å². The topological polar surface area (TPSA) is 195 Å². The van der Waals surface area contributed by atoms with Gasteiger partial charge in [0.2, 0.25) is 17.8 Å². The molecule has 0 aliphatic carbocycles. The maximum atomic E-state index is 13.5. The van der Waals surface area contributed by atoms with Gasteiger partial charge in [0.1, 0.15) is 11.1 Å². The van der Waals surface area contributed by atoms with E-state index in [0.29, 0.717) is 39.5 Å². The number of nitrogens with zero attached hydrogens (tertiary/aromatic N) is 7. The normalized spacial score (nSPS) is 23.0. The molecule has 4 aromatic rings. The van der Waals surface area contributed by atoms with Crippen LogP contribution in [0.5, 0.6) is 5.75 Å². The summed E-state index contributed by atoms with van der Waals surface area (Å²) in [4.78, 5) is 80.9. The first-order chi connectivity index (χ1) is 30.3. The minimum Gasteiger partial charge on any atom is -0.478 e. The van der Waals surface area contributed by atoms with Crippen molar-refractivity contribution in [1.82, 2.24) is 35.0 Å². The lowest BCUT2D eigenvalue weighted by Crippen LogP contribution is -2.53. The van der Waals surface area contributed by atoms with Crippen LogP contribution >= 0.6 is 11.6 Å². The molecule has 4 saturated heterocycles. The van der Waals surface area contributed by atoms with Gasteiger partial charge in [-0.2, -0.15) is 4.98 Å². The van der Waals surface area contributed by atoms with Crippen LogP contribution in [0.2, 0.25) is 5.02 Å². The number of ether oxygens (including phenoxy) is 1. The minimum atomic E-state index is -1.26. The third kappa shape index (κ3) is 8.17. The van der Waals surface area contributed by atoms with Crippen LogP contribution in [0.4, 0.5) is 23.1 Å². The highest BCUT2D eigenvalue weighted by Gasteiger charge is 2.47. The largest absolute Gasteiger partial charge is 0.478 e. The van der Waals surface area contributed by atoms with E-state index >= 15 is 0 Å². The molecular weight excluding hydrogens is 828 g/mol. The second kappa shape index (κ2) is 17.1. The SMILES string of the molecule is CNC(=O)COc1cc2cc(Nc3nc(N4CCC5(CCN(CC6CCN(c7cccc8c7C(O)N(C7CCC(=O)NC7=O)C8=O)CC6)C5)C4)ncc3Cl)ccc2n(C(C)C)c1=O. The summed E-state index contributed by atoms with van der Waals surface area (Å²) in [5.41, 5.74) is 3.05. The molecule has 2 aromatic carbocycles. The summed E-state index contributed by atoms with van der Waals surface area (Å²) in [7, 11) is 1.51. The summed E-state index contributed by atoms with van der Waals surface area (Å²) >= 11 is 6.66. The average Bonchev–Trinajstić information content (AvgIpc) is 3.95. The van der Waals surface area contributed by atoms with Crippen LogP contribution in [-0.4, -0.2) is 119 Å². The van der Waals surface area contributed by atoms with Gasteiger partial charge >= 0.3 is 0 Å². The number of aromatic nitrogens is 3. The van der Waals surface area contributed by atoms with Crippen LogP contribution in [0.25, 0.3) is 10.9 Å². The second-order valence-electron chi connectivity index (χ2n) is 17.9. The van der Waals surface area contributed by atoms with Crippen molar-refractivity contribution in [2.24, 2.45) is 11.3 Å². The lowest BCUT2D eigenvalue weighted by atomic mass is 9.86. The molecule has 3 unspecified atom stereocenters. The molecule has 2 aromatic heterocycles. The summed E-state index contributed by atoms with van der Waals surface area (Å²) in [5.74, 6) is 0.0565. The zero-order chi connectivity index (χ0) is 44.2. The first-order valence-electron chi connectivity index (χ1n) is 21.8. The lowest BCUT2D eigenvalue weighted by molar-refractivity contribution is -0.139. The lowest BCUT2D eigenvalue weighted by Gasteiger charge is -2.37. The third-order valence-electron chi connectivity index (χ3n) is 13.5. The quantitative estimate of drug-likeness (QED) is 0.158. The van der Waals surface area contributed by atoms with Gasteiger partial charge in [-0.05, 0) is 94.8 Å². The first-order valence-corrected chi connectivity index (χ1v) is 22.2. The minimum absolute atomic E-state index is 0.0907. The van der Waals surface area contributed by atoms with Crippen LogP contribution in [-0.2, 0) is 14.4 Å². The number of imide groups is 1. The molecule has 63 heavy (non-hydrogen) atoms. The van der Waals surface area contributed by atoms with E-state index in [0.717, 1.165) is 88.1 Å². The fourth-order valence-electron chi connectivity index (χ4n) is 10.2. The highest BCUT2D eigenvalue weighted by molar-refractivity contribution is 6.33.